The number of carbonyl (C=O) groups excluding carboxylic acids is 1. The van der Waals surface area contributed by atoms with Gasteiger partial charge < -0.3 is 9.47 Å². The van der Waals surface area contributed by atoms with Gasteiger partial charge in [-0.05, 0) is 42.0 Å². The molecule has 0 saturated heterocycles. The Morgan fingerprint density at radius 1 is 0.821 bits per heavy atom. The fourth-order valence-corrected chi connectivity index (χ4v) is 3.25. The Labute approximate surface area is 166 Å². The highest BCUT2D eigenvalue weighted by Gasteiger charge is 2.38. The monoisotopic (exact) mass is 374 g/mol. The fraction of sp³-hybridized carbons (Fsp3) is 0.240. The van der Waals surface area contributed by atoms with Gasteiger partial charge in [-0.1, -0.05) is 78.9 Å². The van der Waals surface area contributed by atoms with E-state index in [0.717, 1.165) is 24.2 Å². The Morgan fingerprint density at radius 3 is 1.89 bits per heavy atom. The van der Waals surface area contributed by atoms with Crippen LogP contribution in [0.25, 0.3) is 0 Å². The molecule has 0 heterocycles. The maximum Gasteiger partial charge on any atom is 0.309 e. The molecule has 0 bridgehead atoms. The largest absolute Gasteiger partial charge is 0.497 e. The van der Waals surface area contributed by atoms with Crippen LogP contribution in [0.1, 0.15) is 29.9 Å². The number of ether oxygens (including phenoxy) is 2. The number of benzene rings is 3. The van der Waals surface area contributed by atoms with Crippen LogP contribution in [0.4, 0.5) is 0 Å². The molecule has 3 aromatic carbocycles. The van der Waals surface area contributed by atoms with Gasteiger partial charge in [0, 0.05) is 0 Å². The summed E-state index contributed by atoms with van der Waals surface area (Å²) in [7, 11) is 1.63. The number of carbonyl (C=O) groups is 1. The fourth-order valence-electron chi connectivity index (χ4n) is 3.25. The summed E-state index contributed by atoms with van der Waals surface area (Å²) in [6, 6.07) is 29.8. The average molecular weight is 374 g/mol. The van der Waals surface area contributed by atoms with Gasteiger partial charge in [0.2, 0.25) is 0 Å². The molecule has 1 aliphatic rings. The number of rotatable bonds is 5. The third-order valence-electron chi connectivity index (χ3n) is 5.01. The first kappa shape index (κ1) is 19.7. The molecule has 1 fully saturated rings. The SMILES string of the molecule is COc1ccc(COC(=O)[C@@H]2CC[C@@H]2c2ccccc2)cc1.c1ccccc1. The zero-order valence-corrected chi connectivity index (χ0v) is 16.2. The normalized spacial score (nSPS) is 17.5. The molecular weight excluding hydrogens is 348 g/mol. The summed E-state index contributed by atoms with van der Waals surface area (Å²) in [6.07, 6.45) is 1.98. The third-order valence-corrected chi connectivity index (χ3v) is 5.01. The number of methoxy groups -OCH3 is 1. The maximum atomic E-state index is 12.3. The van der Waals surface area contributed by atoms with E-state index in [1.54, 1.807) is 7.11 Å². The van der Waals surface area contributed by atoms with Crippen molar-refractivity contribution < 1.29 is 14.3 Å². The lowest BCUT2D eigenvalue weighted by atomic mass is 9.70. The summed E-state index contributed by atoms with van der Waals surface area (Å²) in [6.45, 7) is 0.320. The molecule has 3 aromatic rings. The molecule has 2 atom stereocenters. The Kier molecular flexibility index (Phi) is 7.25. The van der Waals surface area contributed by atoms with Crippen LogP contribution < -0.4 is 4.74 Å². The van der Waals surface area contributed by atoms with E-state index in [-0.39, 0.29) is 11.9 Å². The van der Waals surface area contributed by atoms with Crippen LogP contribution in [0.5, 0.6) is 5.75 Å². The Hall–Kier alpha value is -3.07. The Balaban J connectivity index is 0.000000320. The van der Waals surface area contributed by atoms with E-state index in [0.29, 0.717) is 12.5 Å². The molecule has 3 nitrogen and oxygen atoms in total. The van der Waals surface area contributed by atoms with E-state index in [4.69, 9.17) is 9.47 Å². The molecule has 0 radical (unpaired) electrons. The van der Waals surface area contributed by atoms with Gasteiger partial charge in [-0.15, -0.1) is 0 Å². The van der Waals surface area contributed by atoms with Crippen molar-refractivity contribution in [1.82, 2.24) is 0 Å². The molecule has 0 N–H and O–H groups in total. The summed E-state index contributed by atoms with van der Waals surface area (Å²) in [5, 5.41) is 0. The first-order chi connectivity index (χ1) is 13.8. The Morgan fingerprint density at radius 2 is 1.39 bits per heavy atom. The molecule has 1 aliphatic carbocycles. The van der Waals surface area contributed by atoms with Gasteiger partial charge in [0.25, 0.3) is 0 Å². The van der Waals surface area contributed by atoms with E-state index in [9.17, 15) is 4.79 Å². The highest BCUT2D eigenvalue weighted by molar-refractivity contribution is 5.75. The van der Waals surface area contributed by atoms with Gasteiger partial charge in [0.1, 0.15) is 12.4 Å². The van der Waals surface area contributed by atoms with Crippen LogP contribution in [0, 0.1) is 5.92 Å². The van der Waals surface area contributed by atoms with Crippen LogP contribution in [0.15, 0.2) is 91.0 Å². The minimum Gasteiger partial charge on any atom is -0.497 e. The number of hydrogen-bond donors (Lipinski definition) is 0. The molecular formula is C25H26O3. The molecule has 0 aliphatic heterocycles. The van der Waals surface area contributed by atoms with Crippen LogP contribution in [-0.2, 0) is 16.1 Å². The molecule has 28 heavy (non-hydrogen) atoms. The lowest BCUT2D eigenvalue weighted by Crippen LogP contribution is -2.32. The smallest absolute Gasteiger partial charge is 0.309 e. The zero-order chi connectivity index (χ0) is 19.6. The van der Waals surface area contributed by atoms with Crippen molar-refractivity contribution in [3.8, 4) is 5.75 Å². The highest BCUT2D eigenvalue weighted by atomic mass is 16.5. The predicted octanol–water partition coefficient (Wildman–Crippen LogP) is 5.62. The van der Waals surface area contributed by atoms with Gasteiger partial charge in [-0.2, -0.15) is 0 Å². The molecule has 3 heteroatoms. The predicted molar refractivity (Wildman–Crippen MR) is 111 cm³/mol. The van der Waals surface area contributed by atoms with Gasteiger partial charge >= 0.3 is 5.97 Å². The van der Waals surface area contributed by atoms with Crippen molar-refractivity contribution in [2.24, 2.45) is 5.92 Å². The van der Waals surface area contributed by atoms with E-state index in [2.05, 4.69) is 12.1 Å². The van der Waals surface area contributed by atoms with Crippen LogP contribution in [0.3, 0.4) is 0 Å². The lowest BCUT2D eigenvalue weighted by Gasteiger charge is -2.35. The number of hydrogen-bond acceptors (Lipinski definition) is 3. The summed E-state index contributed by atoms with van der Waals surface area (Å²) in [4.78, 5) is 12.3. The summed E-state index contributed by atoms with van der Waals surface area (Å²) < 4.78 is 10.6. The standard InChI is InChI=1S/C19H20O3.C6H6/c1-21-16-9-7-14(8-10-16)13-22-19(20)18-12-11-17(18)15-5-3-2-4-6-15;1-2-4-6-5-3-1/h2-10,17-18H,11-13H2,1H3;1-6H/t17-,18-;/m1./s1. The third kappa shape index (κ3) is 5.46. The molecule has 0 amide bonds. The maximum absolute atomic E-state index is 12.3. The van der Waals surface area contributed by atoms with Crippen molar-refractivity contribution in [1.29, 1.82) is 0 Å². The molecule has 4 rings (SSSR count). The molecule has 1 saturated carbocycles. The van der Waals surface area contributed by atoms with Crippen molar-refractivity contribution in [2.45, 2.75) is 25.4 Å². The quantitative estimate of drug-likeness (QED) is 0.544. The second-order valence-electron chi connectivity index (χ2n) is 6.81. The van der Waals surface area contributed by atoms with Crippen molar-refractivity contribution in [3.63, 3.8) is 0 Å². The summed E-state index contributed by atoms with van der Waals surface area (Å²) in [5.74, 6) is 1.03. The Bertz CT molecular complexity index is 802. The van der Waals surface area contributed by atoms with Gasteiger partial charge in [-0.3, -0.25) is 4.79 Å². The molecule has 0 unspecified atom stereocenters. The topological polar surface area (TPSA) is 35.5 Å². The van der Waals surface area contributed by atoms with Crippen molar-refractivity contribution in [2.75, 3.05) is 7.11 Å². The van der Waals surface area contributed by atoms with Gasteiger partial charge in [0.15, 0.2) is 0 Å². The lowest BCUT2D eigenvalue weighted by molar-refractivity contribution is -0.154. The minimum atomic E-state index is -0.0871. The first-order valence-corrected chi connectivity index (χ1v) is 9.62. The highest BCUT2D eigenvalue weighted by Crippen LogP contribution is 2.43. The average Bonchev–Trinajstić information content (AvgIpc) is 2.74. The van der Waals surface area contributed by atoms with Crippen LogP contribution >= 0.6 is 0 Å². The second-order valence-corrected chi connectivity index (χ2v) is 6.81. The summed E-state index contributed by atoms with van der Waals surface area (Å²) in [5.41, 5.74) is 2.21. The summed E-state index contributed by atoms with van der Waals surface area (Å²) >= 11 is 0. The first-order valence-electron chi connectivity index (χ1n) is 9.62. The minimum absolute atomic E-state index is 0.000600. The molecule has 0 spiro atoms. The van der Waals surface area contributed by atoms with Crippen LogP contribution in [-0.4, -0.2) is 13.1 Å². The van der Waals surface area contributed by atoms with Crippen molar-refractivity contribution in [3.05, 3.63) is 102 Å². The molecule has 0 aromatic heterocycles. The zero-order valence-electron chi connectivity index (χ0n) is 16.2. The van der Waals surface area contributed by atoms with Crippen LogP contribution in [0.2, 0.25) is 0 Å². The van der Waals surface area contributed by atoms with Gasteiger partial charge in [-0.25, -0.2) is 0 Å². The molecule has 144 valence electrons. The van der Waals surface area contributed by atoms with Gasteiger partial charge in [0.05, 0.1) is 13.0 Å². The van der Waals surface area contributed by atoms with Crippen molar-refractivity contribution >= 4 is 5.97 Å². The number of esters is 1. The van der Waals surface area contributed by atoms with E-state index in [1.807, 2.05) is 78.9 Å². The van der Waals surface area contributed by atoms with E-state index < -0.39 is 0 Å². The van der Waals surface area contributed by atoms with E-state index in [1.165, 1.54) is 5.56 Å². The second kappa shape index (κ2) is 10.3. The van der Waals surface area contributed by atoms with E-state index >= 15 is 0 Å².